The molecular formula is H4CeF4Zr. The molecular weight excluding hydrogens is 307 g/mol. The number of hydrogen-bond acceptors (Lipinski definition) is 0. The molecule has 0 aliphatic rings. The van der Waals surface area contributed by atoms with Crippen LogP contribution < -0.4 is 0 Å². The van der Waals surface area contributed by atoms with Gasteiger partial charge in [0.1, 0.15) is 0 Å². The van der Waals surface area contributed by atoms with Crippen molar-refractivity contribution >= 4 is 0 Å². The van der Waals surface area contributed by atoms with Crippen LogP contribution in [0.5, 0.6) is 0 Å². The van der Waals surface area contributed by atoms with Crippen molar-refractivity contribution in [2.24, 2.45) is 0 Å². The fourth-order valence-corrected chi connectivity index (χ4v) is 0. The first-order valence-corrected chi connectivity index (χ1v) is 0. The van der Waals surface area contributed by atoms with E-state index in [0.29, 0.717) is 0 Å². The van der Waals surface area contributed by atoms with E-state index in [-0.39, 0.29) is 86.8 Å². The quantitative estimate of drug-likeness (QED) is 0.575. The third-order valence-electron chi connectivity index (χ3n) is 0. The van der Waals surface area contributed by atoms with Gasteiger partial charge in [0.25, 0.3) is 0 Å². The summed E-state index contributed by atoms with van der Waals surface area (Å²) in [6.07, 6.45) is 0. The average molecular weight is 311 g/mol. The largest absolute Gasteiger partial charge is 0.269 e. The minimum Gasteiger partial charge on any atom is -0.269 e. The molecule has 0 heterocycles. The SMILES string of the molecule is F.F.F.F.[Ce].[Zr]. The minimum absolute atomic E-state index is 0. The molecule has 0 amide bonds. The van der Waals surface area contributed by atoms with E-state index in [4.69, 9.17) is 0 Å². The molecule has 0 aliphatic heterocycles. The summed E-state index contributed by atoms with van der Waals surface area (Å²) >= 11 is 0. The van der Waals surface area contributed by atoms with Gasteiger partial charge >= 0.3 is 0 Å². The van der Waals surface area contributed by atoms with Gasteiger partial charge in [-0.3, -0.25) is 18.8 Å². The molecule has 0 radical (unpaired) electrons. The zero-order chi connectivity index (χ0) is 0. The Morgan fingerprint density at radius 1 is 0.500 bits per heavy atom. The van der Waals surface area contributed by atoms with Crippen molar-refractivity contribution in [3.8, 4) is 0 Å². The fraction of sp³-hybridized carbons (Fsp3) is 0. The Balaban J connectivity index is 0. The second-order valence-electron chi connectivity index (χ2n) is 0. The van der Waals surface area contributed by atoms with Gasteiger partial charge < -0.3 is 0 Å². The molecule has 0 bridgehead atoms. The maximum Gasteiger partial charge on any atom is 0 e. The number of hydrogen-bond donors (Lipinski definition) is 0. The summed E-state index contributed by atoms with van der Waals surface area (Å²) in [5, 5.41) is 0. The molecule has 6 heteroatoms. The van der Waals surface area contributed by atoms with E-state index >= 15 is 0 Å². The van der Waals surface area contributed by atoms with Crippen LogP contribution in [0.2, 0.25) is 0 Å². The smallest absolute Gasteiger partial charge is 0 e. The van der Waals surface area contributed by atoms with Crippen LogP contribution in [0.15, 0.2) is 0 Å². The third kappa shape index (κ3) is 37.8. The Hall–Kier alpha value is 1.98. The first kappa shape index (κ1) is 99.2. The Morgan fingerprint density at radius 2 is 0.500 bits per heavy atom. The first-order chi connectivity index (χ1) is 0. The van der Waals surface area contributed by atoms with Crippen LogP contribution in [0.1, 0.15) is 0 Å². The van der Waals surface area contributed by atoms with Gasteiger partial charge in [0.05, 0.1) is 0 Å². The molecule has 0 aliphatic carbocycles. The second-order valence-corrected chi connectivity index (χ2v) is 0. The molecule has 0 aromatic rings. The van der Waals surface area contributed by atoms with Gasteiger partial charge in [-0.25, -0.2) is 0 Å². The van der Waals surface area contributed by atoms with Crippen molar-refractivity contribution in [3.05, 3.63) is 0 Å². The molecule has 0 rings (SSSR count). The summed E-state index contributed by atoms with van der Waals surface area (Å²) in [6, 6.07) is 0. The van der Waals surface area contributed by atoms with E-state index in [1.165, 1.54) is 0 Å². The van der Waals surface area contributed by atoms with Crippen molar-refractivity contribution in [1.82, 2.24) is 0 Å². The van der Waals surface area contributed by atoms with Crippen LogP contribution in [-0.4, -0.2) is 0 Å². The van der Waals surface area contributed by atoms with Gasteiger partial charge in [-0.15, -0.1) is 0 Å². The van der Waals surface area contributed by atoms with Gasteiger partial charge in [-0.1, -0.05) is 0 Å². The van der Waals surface area contributed by atoms with Crippen LogP contribution in [-0.2, 0) is 26.2 Å². The monoisotopic (exact) mass is 310 g/mol. The molecule has 40 valence electrons. The summed E-state index contributed by atoms with van der Waals surface area (Å²) in [4.78, 5) is 0. The van der Waals surface area contributed by atoms with Crippen LogP contribution in [0.3, 0.4) is 0 Å². The Labute approximate surface area is 85.4 Å². The van der Waals surface area contributed by atoms with E-state index in [9.17, 15) is 0 Å². The Kier molecular flexibility index (Phi) is 1050. The van der Waals surface area contributed by atoms with Gasteiger partial charge in [0.15, 0.2) is 0 Å². The molecule has 0 unspecified atom stereocenters. The maximum absolute atomic E-state index is 0. The summed E-state index contributed by atoms with van der Waals surface area (Å²) in [7, 11) is 0. The standard InChI is InChI=1S/Ce.4FH.Zr/h;4*1H;. The molecule has 0 saturated heterocycles. The number of rotatable bonds is 0. The minimum atomic E-state index is 0. The molecule has 0 aromatic carbocycles. The Morgan fingerprint density at radius 3 is 0.500 bits per heavy atom. The van der Waals surface area contributed by atoms with Gasteiger partial charge in [0, 0.05) is 68.0 Å². The van der Waals surface area contributed by atoms with E-state index in [0.717, 1.165) is 0 Å². The fourth-order valence-electron chi connectivity index (χ4n) is 0. The molecule has 0 atom stereocenters. The van der Waals surface area contributed by atoms with Crippen molar-refractivity contribution in [2.75, 3.05) is 0 Å². The maximum atomic E-state index is 0. The zero-order valence-electron chi connectivity index (χ0n) is 2.63. The zero-order valence-corrected chi connectivity index (χ0v) is 8.23. The van der Waals surface area contributed by atoms with Crippen LogP contribution >= 0.6 is 0 Å². The summed E-state index contributed by atoms with van der Waals surface area (Å²) < 4.78 is 0. The molecule has 0 N–H and O–H groups in total. The molecule has 0 saturated carbocycles. The third-order valence-corrected chi connectivity index (χ3v) is 0. The van der Waals surface area contributed by atoms with E-state index in [2.05, 4.69) is 0 Å². The van der Waals surface area contributed by atoms with Crippen molar-refractivity contribution in [3.63, 3.8) is 0 Å². The van der Waals surface area contributed by atoms with E-state index in [1.54, 1.807) is 0 Å². The van der Waals surface area contributed by atoms with Crippen LogP contribution in [0, 0.1) is 41.7 Å². The van der Waals surface area contributed by atoms with Crippen molar-refractivity contribution < 1.29 is 86.8 Å². The van der Waals surface area contributed by atoms with Gasteiger partial charge in [-0.2, -0.15) is 0 Å². The second kappa shape index (κ2) is 63.7. The Bertz CT molecular complexity index is 7.51. The summed E-state index contributed by atoms with van der Waals surface area (Å²) in [5.74, 6) is 0. The van der Waals surface area contributed by atoms with Crippen LogP contribution in [0.25, 0.3) is 0 Å². The normalized spacial score (nSPS) is 0. The van der Waals surface area contributed by atoms with Gasteiger partial charge in [0.2, 0.25) is 0 Å². The predicted octanol–water partition coefficient (Wildman–Crippen LogP) is 0.607. The van der Waals surface area contributed by atoms with Gasteiger partial charge in [-0.05, 0) is 0 Å². The average Bonchev–Trinajstić information content (AvgIpc) is 0. The first-order valence-electron chi connectivity index (χ1n) is 0. The molecule has 0 aromatic heterocycles. The van der Waals surface area contributed by atoms with E-state index < -0.39 is 0 Å². The molecule has 0 nitrogen and oxygen atoms in total. The van der Waals surface area contributed by atoms with Crippen molar-refractivity contribution in [2.45, 2.75) is 0 Å². The van der Waals surface area contributed by atoms with Crippen LogP contribution in [0.4, 0.5) is 18.8 Å². The molecule has 6 heavy (non-hydrogen) atoms. The van der Waals surface area contributed by atoms with E-state index in [1.807, 2.05) is 0 Å². The summed E-state index contributed by atoms with van der Waals surface area (Å²) in [6.45, 7) is 0. The number of halogens is 4. The summed E-state index contributed by atoms with van der Waals surface area (Å²) in [5.41, 5.74) is 0. The predicted molar refractivity (Wildman–Crippen MR) is 10.0 cm³/mol. The topological polar surface area (TPSA) is 0 Å². The molecule has 0 spiro atoms. The molecule has 0 fully saturated rings. The van der Waals surface area contributed by atoms with Crippen molar-refractivity contribution in [1.29, 1.82) is 0 Å².